The summed E-state index contributed by atoms with van der Waals surface area (Å²) < 4.78 is 0. The van der Waals surface area contributed by atoms with E-state index in [0.29, 0.717) is 9.88 Å². The molecule has 0 aromatic carbocycles. The second-order valence-corrected chi connectivity index (χ2v) is 5.96. The van der Waals surface area contributed by atoms with Gasteiger partial charge in [0.25, 0.3) is 5.91 Å². The maximum Gasteiger partial charge on any atom is 0.308 e. The molecule has 1 saturated carbocycles. The molecule has 1 aliphatic rings. The molecule has 1 aromatic heterocycles. The Morgan fingerprint density at radius 1 is 1.40 bits per heavy atom. The van der Waals surface area contributed by atoms with Gasteiger partial charge in [0.15, 0.2) is 0 Å². The lowest BCUT2D eigenvalue weighted by molar-refractivity contribution is -0.140. The van der Waals surface area contributed by atoms with Gasteiger partial charge in [0.1, 0.15) is 0 Å². The van der Waals surface area contributed by atoms with Crippen molar-refractivity contribution in [1.29, 1.82) is 0 Å². The van der Waals surface area contributed by atoms with Crippen LogP contribution in [0.2, 0.25) is 0 Å². The summed E-state index contributed by atoms with van der Waals surface area (Å²) in [5, 5.41) is 14.7. The maximum atomic E-state index is 11.8. The lowest BCUT2D eigenvalue weighted by Gasteiger charge is -2.06. The standard InChI is InChI=1S/C13H16N2O4S/c1-7(13(18)19)6-14-12(17)9-4-5-10(20-9)15-11(16)8-2-3-8/h4-5,7-8H,2-3,6H2,1H3,(H,14,17)(H,15,16)(H,18,19). The number of aliphatic carboxylic acids is 1. The van der Waals surface area contributed by atoms with Crippen LogP contribution in [0.1, 0.15) is 29.4 Å². The first-order chi connectivity index (χ1) is 9.47. The molecule has 1 fully saturated rings. The third kappa shape index (κ3) is 3.80. The lowest BCUT2D eigenvalue weighted by atomic mass is 10.2. The van der Waals surface area contributed by atoms with Crippen molar-refractivity contribution in [3.63, 3.8) is 0 Å². The number of carbonyl (C=O) groups excluding carboxylic acids is 2. The van der Waals surface area contributed by atoms with Gasteiger partial charge >= 0.3 is 5.97 Å². The average Bonchev–Trinajstić information content (AvgIpc) is 3.16. The molecule has 0 spiro atoms. The molecule has 1 unspecified atom stereocenters. The minimum absolute atomic E-state index is 0.00157. The Labute approximate surface area is 120 Å². The van der Waals surface area contributed by atoms with Crippen LogP contribution < -0.4 is 10.6 Å². The van der Waals surface area contributed by atoms with Gasteiger partial charge in [0.2, 0.25) is 5.91 Å². The summed E-state index contributed by atoms with van der Waals surface area (Å²) in [7, 11) is 0. The molecule has 0 saturated heterocycles. The monoisotopic (exact) mass is 296 g/mol. The molecular weight excluding hydrogens is 280 g/mol. The summed E-state index contributed by atoms with van der Waals surface area (Å²) >= 11 is 1.18. The SMILES string of the molecule is CC(CNC(=O)c1ccc(NC(=O)C2CC2)s1)C(=O)O. The van der Waals surface area contributed by atoms with Crippen LogP contribution in [0.15, 0.2) is 12.1 Å². The molecule has 1 atom stereocenters. The first-order valence-corrected chi connectivity index (χ1v) is 7.20. The first-order valence-electron chi connectivity index (χ1n) is 6.39. The zero-order chi connectivity index (χ0) is 14.7. The molecule has 0 radical (unpaired) electrons. The largest absolute Gasteiger partial charge is 0.481 e. The zero-order valence-electron chi connectivity index (χ0n) is 11.0. The van der Waals surface area contributed by atoms with E-state index in [9.17, 15) is 14.4 Å². The molecule has 2 rings (SSSR count). The second-order valence-electron chi connectivity index (χ2n) is 4.88. The molecule has 108 valence electrons. The van der Waals surface area contributed by atoms with Crippen molar-refractivity contribution in [3.05, 3.63) is 17.0 Å². The van der Waals surface area contributed by atoms with Gasteiger partial charge < -0.3 is 15.7 Å². The number of nitrogens with one attached hydrogen (secondary N) is 2. The number of amides is 2. The van der Waals surface area contributed by atoms with Gasteiger partial charge in [-0.15, -0.1) is 11.3 Å². The van der Waals surface area contributed by atoms with Crippen LogP contribution in [0.25, 0.3) is 0 Å². The van der Waals surface area contributed by atoms with Crippen molar-refractivity contribution >= 4 is 34.1 Å². The van der Waals surface area contributed by atoms with Crippen LogP contribution in [0, 0.1) is 11.8 Å². The molecule has 20 heavy (non-hydrogen) atoms. The van der Waals surface area contributed by atoms with Gasteiger partial charge in [-0.1, -0.05) is 6.92 Å². The van der Waals surface area contributed by atoms with Crippen LogP contribution in [-0.4, -0.2) is 29.4 Å². The van der Waals surface area contributed by atoms with Crippen LogP contribution in [0.5, 0.6) is 0 Å². The number of hydrogen-bond acceptors (Lipinski definition) is 4. The van der Waals surface area contributed by atoms with Gasteiger partial charge in [-0.05, 0) is 25.0 Å². The van der Waals surface area contributed by atoms with E-state index in [1.54, 1.807) is 12.1 Å². The van der Waals surface area contributed by atoms with Crippen molar-refractivity contribution in [1.82, 2.24) is 5.32 Å². The molecule has 0 aliphatic heterocycles. The Balaban J connectivity index is 1.85. The number of thiophene rings is 1. The van der Waals surface area contributed by atoms with E-state index >= 15 is 0 Å². The molecule has 1 heterocycles. The predicted octanol–water partition coefficient (Wildman–Crippen LogP) is 1.55. The fraction of sp³-hybridized carbons (Fsp3) is 0.462. The highest BCUT2D eigenvalue weighted by atomic mass is 32.1. The highest BCUT2D eigenvalue weighted by Crippen LogP contribution is 2.31. The van der Waals surface area contributed by atoms with Gasteiger partial charge in [0.05, 0.1) is 15.8 Å². The fourth-order valence-electron chi connectivity index (χ4n) is 1.52. The third-order valence-electron chi connectivity index (χ3n) is 3.01. The van der Waals surface area contributed by atoms with Crippen molar-refractivity contribution in [2.45, 2.75) is 19.8 Å². The molecule has 7 heteroatoms. The topological polar surface area (TPSA) is 95.5 Å². The zero-order valence-corrected chi connectivity index (χ0v) is 11.8. The van der Waals surface area contributed by atoms with Crippen LogP contribution >= 0.6 is 11.3 Å². The highest BCUT2D eigenvalue weighted by Gasteiger charge is 2.29. The van der Waals surface area contributed by atoms with Crippen molar-refractivity contribution < 1.29 is 19.5 Å². The number of hydrogen-bond donors (Lipinski definition) is 3. The summed E-state index contributed by atoms with van der Waals surface area (Å²) in [4.78, 5) is 34.5. The molecule has 1 aliphatic carbocycles. The number of rotatable bonds is 6. The van der Waals surface area contributed by atoms with E-state index < -0.39 is 11.9 Å². The molecular formula is C13H16N2O4S. The number of carboxylic acids is 1. The quantitative estimate of drug-likeness (QED) is 0.742. The first kappa shape index (κ1) is 14.5. The average molecular weight is 296 g/mol. The summed E-state index contributed by atoms with van der Waals surface area (Å²) in [6.45, 7) is 1.61. The van der Waals surface area contributed by atoms with Crippen molar-refractivity contribution in [3.8, 4) is 0 Å². The molecule has 6 nitrogen and oxygen atoms in total. The fourth-order valence-corrected chi connectivity index (χ4v) is 2.34. The summed E-state index contributed by atoms with van der Waals surface area (Å²) in [6, 6.07) is 3.30. The van der Waals surface area contributed by atoms with Crippen LogP contribution in [0.4, 0.5) is 5.00 Å². The Kier molecular flexibility index (Phi) is 4.39. The molecule has 2 amide bonds. The minimum atomic E-state index is -0.950. The highest BCUT2D eigenvalue weighted by molar-refractivity contribution is 7.18. The summed E-state index contributed by atoms with van der Waals surface area (Å²) in [5.74, 6) is -1.79. The van der Waals surface area contributed by atoms with Crippen LogP contribution in [-0.2, 0) is 9.59 Å². The Bertz CT molecular complexity index is 536. The number of carboxylic acid groups (broad SMARTS) is 1. The van der Waals surface area contributed by atoms with E-state index in [-0.39, 0.29) is 24.3 Å². The number of carbonyl (C=O) groups is 3. The van der Waals surface area contributed by atoms with E-state index in [0.717, 1.165) is 12.8 Å². The van der Waals surface area contributed by atoms with E-state index in [1.807, 2.05) is 0 Å². The van der Waals surface area contributed by atoms with Gasteiger partial charge in [-0.2, -0.15) is 0 Å². The normalized spacial score (nSPS) is 15.4. The third-order valence-corrected chi connectivity index (χ3v) is 4.01. The summed E-state index contributed by atoms with van der Waals surface area (Å²) in [5.41, 5.74) is 0. The smallest absolute Gasteiger partial charge is 0.308 e. The van der Waals surface area contributed by atoms with E-state index in [1.165, 1.54) is 18.3 Å². The second kappa shape index (κ2) is 6.04. The maximum absolute atomic E-state index is 11.8. The van der Waals surface area contributed by atoms with E-state index in [4.69, 9.17) is 5.11 Å². The van der Waals surface area contributed by atoms with Crippen LogP contribution in [0.3, 0.4) is 0 Å². The molecule has 1 aromatic rings. The summed E-state index contributed by atoms with van der Waals surface area (Å²) in [6.07, 6.45) is 1.86. The van der Waals surface area contributed by atoms with Gasteiger partial charge in [-0.25, -0.2) is 0 Å². The van der Waals surface area contributed by atoms with Crippen molar-refractivity contribution in [2.24, 2.45) is 11.8 Å². The van der Waals surface area contributed by atoms with Gasteiger partial charge in [0, 0.05) is 12.5 Å². The minimum Gasteiger partial charge on any atom is -0.481 e. The Hall–Kier alpha value is -1.89. The Morgan fingerprint density at radius 2 is 2.10 bits per heavy atom. The Morgan fingerprint density at radius 3 is 2.70 bits per heavy atom. The predicted molar refractivity (Wildman–Crippen MR) is 74.8 cm³/mol. The van der Waals surface area contributed by atoms with E-state index in [2.05, 4.69) is 10.6 Å². The van der Waals surface area contributed by atoms with Gasteiger partial charge in [-0.3, -0.25) is 14.4 Å². The number of anilines is 1. The molecule has 3 N–H and O–H groups in total. The van der Waals surface area contributed by atoms with Crippen molar-refractivity contribution in [2.75, 3.05) is 11.9 Å². The molecule has 0 bridgehead atoms. The lowest BCUT2D eigenvalue weighted by Crippen LogP contribution is -2.30.